The SMILES string of the molecule is N[C@@H](CC[Se]Cc1ccccc1)C(=O)O. The molecule has 0 radical (unpaired) electrons. The molecule has 0 bridgehead atoms. The van der Waals surface area contributed by atoms with Crippen molar-refractivity contribution in [2.75, 3.05) is 0 Å². The Balaban J connectivity index is 2.15. The molecule has 0 saturated heterocycles. The van der Waals surface area contributed by atoms with E-state index >= 15 is 0 Å². The van der Waals surface area contributed by atoms with Crippen LogP contribution in [0.5, 0.6) is 0 Å². The first-order valence-electron chi connectivity index (χ1n) is 4.80. The first-order chi connectivity index (χ1) is 7.20. The Hall–Kier alpha value is -0.831. The molecule has 1 rings (SSSR count). The van der Waals surface area contributed by atoms with Gasteiger partial charge in [0.15, 0.2) is 0 Å². The maximum atomic E-state index is 10.4. The molecule has 1 atom stereocenters. The first kappa shape index (κ1) is 12.2. The Kier molecular flexibility index (Phi) is 5.40. The summed E-state index contributed by atoms with van der Waals surface area (Å²) in [6, 6.07) is 9.54. The monoisotopic (exact) mass is 273 g/mol. The molecule has 0 aromatic heterocycles. The average molecular weight is 272 g/mol. The van der Waals surface area contributed by atoms with E-state index in [9.17, 15) is 4.79 Å². The molecule has 0 fully saturated rings. The van der Waals surface area contributed by atoms with Crippen molar-refractivity contribution in [1.82, 2.24) is 0 Å². The quantitative estimate of drug-likeness (QED) is 0.602. The predicted octanol–water partition coefficient (Wildman–Crippen LogP) is 1.11. The molecular formula is C11H15NO2Se. The molecule has 1 aromatic rings. The van der Waals surface area contributed by atoms with Gasteiger partial charge in [0.1, 0.15) is 0 Å². The number of carbonyl (C=O) groups is 1. The standard InChI is InChI=1S/C11H15NO2Se/c12-10(11(13)14)6-7-15-8-9-4-2-1-3-5-9/h1-5,10H,6-8,12H2,(H,13,14)/t10-/m0/s1. The van der Waals surface area contributed by atoms with Crippen LogP contribution in [0.3, 0.4) is 0 Å². The van der Waals surface area contributed by atoms with Crippen molar-refractivity contribution in [2.45, 2.75) is 23.1 Å². The predicted molar refractivity (Wildman–Crippen MR) is 60.9 cm³/mol. The van der Waals surface area contributed by atoms with Crippen molar-refractivity contribution < 1.29 is 9.90 Å². The summed E-state index contributed by atoms with van der Waals surface area (Å²) in [5.41, 5.74) is 6.73. The topological polar surface area (TPSA) is 63.3 Å². The molecule has 0 aliphatic carbocycles. The van der Waals surface area contributed by atoms with Crippen LogP contribution < -0.4 is 5.73 Å². The summed E-state index contributed by atoms with van der Waals surface area (Å²) >= 11 is 0.453. The molecule has 0 aliphatic heterocycles. The van der Waals surface area contributed by atoms with Crippen molar-refractivity contribution in [2.24, 2.45) is 5.73 Å². The van der Waals surface area contributed by atoms with E-state index in [-0.39, 0.29) is 0 Å². The first-order valence-corrected chi connectivity index (χ1v) is 7.22. The Bertz CT molecular complexity index is 303. The van der Waals surface area contributed by atoms with E-state index in [1.54, 1.807) is 0 Å². The molecular weight excluding hydrogens is 257 g/mol. The molecule has 15 heavy (non-hydrogen) atoms. The van der Waals surface area contributed by atoms with Crippen LogP contribution in [-0.2, 0) is 10.1 Å². The van der Waals surface area contributed by atoms with E-state index in [0.29, 0.717) is 21.4 Å². The number of carboxylic acids is 1. The number of rotatable bonds is 6. The van der Waals surface area contributed by atoms with E-state index in [1.807, 2.05) is 18.2 Å². The number of benzene rings is 1. The van der Waals surface area contributed by atoms with Crippen LogP contribution in [0.1, 0.15) is 12.0 Å². The summed E-state index contributed by atoms with van der Waals surface area (Å²) < 4.78 is 0. The molecule has 4 heteroatoms. The van der Waals surface area contributed by atoms with Crippen LogP contribution in [0.25, 0.3) is 0 Å². The third-order valence-electron chi connectivity index (χ3n) is 2.00. The zero-order valence-corrected chi connectivity index (χ0v) is 10.1. The third-order valence-corrected chi connectivity index (χ3v) is 4.23. The van der Waals surface area contributed by atoms with Gasteiger partial charge in [-0.25, -0.2) is 0 Å². The van der Waals surface area contributed by atoms with Crippen molar-refractivity contribution in [1.29, 1.82) is 0 Å². The van der Waals surface area contributed by atoms with Crippen molar-refractivity contribution in [3.8, 4) is 0 Å². The molecule has 0 amide bonds. The van der Waals surface area contributed by atoms with Gasteiger partial charge in [0, 0.05) is 0 Å². The molecule has 1 aromatic carbocycles. The fourth-order valence-electron chi connectivity index (χ4n) is 1.10. The zero-order chi connectivity index (χ0) is 11.1. The molecule has 0 spiro atoms. The van der Waals surface area contributed by atoms with Crippen LogP contribution in [-0.4, -0.2) is 32.1 Å². The molecule has 0 unspecified atom stereocenters. The van der Waals surface area contributed by atoms with Gasteiger partial charge in [-0.1, -0.05) is 0 Å². The van der Waals surface area contributed by atoms with Crippen molar-refractivity contribution in [3.63, 3.8) is 0 Å². The molecule has 0 saturated carbocycles. The van der Waals surface area contributed by atoms with Crippen molar-refractivity contribution in [3.05, 3.63) is 35.9 Å². The van der Waals surface area contributed by atoms with Crippen molar-refractivity contribution >= 4 is 20.9 Å². The fraction of sp³-hybridized carbons (Fsp3) is 0.364. The van der Waals surface area contributed by atoms with E-state index in [4.69, 9.17) is 10.8 Å². The Labute approximate surface area is 95.8 Å². The van der Waals surface area contributed by atoms with Crippen LogP contribution in [0.15, 0.2) is 30.3 Å². The Morgan fingerprint density at radius 2 is 2.07 bits per heavy atom. The molecule has 82 valence electrons. The van der Waals surface area contributed by atoms with Gasteiger partial charge in [0.25, 0.3) is 0 Å². The number of carboxylic acid groups (broad SMARTS) is 1. The van der Waals surface area contributed by atoms with Gasteiger partial charge in [-0.15, -0.1) is 0 Å². The second-order valence-corrected chi connectivity index (χ2v) is 5.59. The van der Waals surface area contributed by atoms with Gasteiger partial charge < -0.3 is 0 Å². The minimum atomic E-state index is -0.898. The van der Waals surface area contributed by atoms with E-state index in [0.717, 1.165) is 10.6 Å². The van der Waals surface area contributed by atoms with E-state index < -0.39 is 12.0 Å². The summed E-state index contributed by atoms with van der Waals surface area (Å²) in [7, 11) is 0. The summed E-state index contributed by atoms with van der Waals surface area (Å²) in [6.07, 6.45) is 0.585. The van der Waals surface area contributed by atoms with E-state index in [2.05, 4.69) is 12.1 Å². The normalized spacial score (nSPS) is 12.3. The van der Waals surface area contributed by atoms with Crippen LogP contribution in [0.4, 0.5) is 0 Å². The molecule has 3 nitrogen and oxygen atoms in total. The molecule has 0 heterocycles. The summed E-state index contributed by atoms with van der Waals surface area (Å²) in [5, 5.41) is 10.6. The number of aliphatic carboxylic acids is 1. The minimum absolute atomic E-state index is 0.453. The summed E-state index contributed by atoms with van der Waals surface area (Å²) in [4.78, 5) is 10.4. The number of nitrogens with two attached hydrogens (primary N) is 1. The summed E-state index contributed by atoms with van der Waals surface area (Å²) in [6.45, 7) is 0. The van der Waals surface area contributed by atoms with E-state index in [1.165, 1.54) is 5.56 Å². The number of hydrogen-bond acceptors (Lipinski definition) is 2. The molecule has 3 N–H and O–H groups in total. The zero-order valence-electron chi connectivity index (χ0n) is 8.43. The van der Waals surface area contributed by atoms with Gasteiger partial charge in [-0.05, 0) is 0 Å². The van der Waals surface area contributed by atoms with Gasteiger partial charge >= 0.3 is 95.6 Å². The van der Waals surface area contributed by atoms with Crippen LogP contribution in [0.2, 0.25) is 5.32 Å². The third kappa shape index (κ3) is 4.98. The van der Waals surface area contributed by atoms with Gasteiger partial charge in [-0.2, -0.15) is 0 Å². The van der Waals surface area contributed by atoms with Crippen LogP contribution in [0, 0.1) is 0 Å². The number of hydrogen-bond donors (Lipinski definition) is 2. The van der Waals surface area contributed by atoms with Crippen LogP contribution >= 0.6 is 0 Å². The maximum absolute atomic E-state index is 10.4. The van der Waals surface area contributed by atoms with Gasteiger partial charge in [0.2, 0.25) is 0 Å². The second-order valence-electron chi connectivity index (χ2n) is 3.27. The average Bonchev–Trinajstić information content (AvgIpc) is 2.25. The van der Waals surface area contributed by atoms with Gasteiger partial charge in [-0.3, -0.25) is 0 Å². The van der Waals surface area contributed by atoms with Gasteiger partial charge in [0.05, 0.1) is 0 Å². The fourth-order valence-corrected chi connectivity index (χ4v) is 3.18. The Morgan fingerprint density at radius 1 is 1.40 bits per heavy atom. The second kappa shape index (κ2) is 6.62. The molecule has 0 aliphatic rings. The Morgan fingerprint density at radius 3 is 2.67 bits per heavy atom. The summed E-state index contributed by atoms with van der Waals surface area (Å²) in [5.74, 6) is -0.898.